The van der Waals surface area contributed by atoms with Crippen LogP contribution in [0.15, 0.2) is 60.7 Å². The highest BCUT2D eigenvalue weighted by Gasteiger charge is 2.45. The van der Waals surface area contributed by atoms with E-state index in [2.05, 4.69) is 41.3 Å². The van der Waals surface area contributed by atoms with E-state index >= 15 is 0 Å². The molecular formula is C66H94Br2F22O21. The van der Waals surface area contributed by atoms with Gasteiger partial charge in [0.1, 0.15) is 94.5 Å². The molecular weight excluding hydrogens is 1710 g/mol. The highest BCUT2D eigenvalue weighted by Crippen LogP contribution is 2.39. The summed E-state index contributed by atoms with van der Waals surface area (Å²) in [6.45, 7) is 1.76. The standard InChI is InChI=1S/C30H42BrFO11.C19H26BrFO5.C9H14O5.2CF4.6CH2F2/c1-7-14-38-25(35)29(5,17-40-21(2)33)19-42-27(37)43-20-30(6,26(36)39-15-13-32)18-41-24(34)28(3,4)16-23(31)22-11-9-8-10-12-22;1-18(2,11-15(20)14-7-5-4-6-8-14)16(23)26-13-19(3,12-22)17(24)25-10-9-21;1-3-4-12-7(10)9(2)5-13-8(11)14-6-9;2*2-1(3,4)5;6*2-1-3/h8-12,23H,7,13-20H2,1-6H3;4-8,15,22H,9-13H2,1-3H3;3-6H2,1-2H3;;;6*1H2. The Labute approximate surface area is 643 Å². The van der Waals surface area contributed by atoms with E-state index in [0.717, 1.165) is 24.5 Å². The second-order valence-corrected chi connectivity index (χ2v) is 25.5. The summed E-state index contributed by atoms with van der Waals surface area (Å²) >= 11 is 7.19. The molecule has 0 aliphatic carbocycles. The molecule has 1 saturated heterocycles. The number of esters is 7. The van der Waals surface area contributed by atoms with Crippen LogP contribution >= 0.6 is 31.9 Å². The molecule has 2 aromatic rings. The fraction of sp³-hybridized carbons (Fsp3) is 0.682. The van der Waals surface area contributed by atoms with Gasteiger partial charge in [0.2, 0.25) is 41.6 Å². The number of cyclic esters (lactones) is 2. The van der Waals surface area contributed by atoms with Gasteiger partial charge in [-0.3, -0.25) is 33.6 Å². The van der Waals surface area contributed by atoms with Crippen LogP contribution in [-0.4, -0.2) is 206 Å². The highest BCUT2D eigenvalue weighted by molar-refractivity contribution is 9.09. The molecule has 45 heteroatoms. The Bertz CT molecular complexity index is 2700. The third-order valence-electron chi connectivity index (χ3n) is 12.3. The second kappa shape index (κ2) is 68.3. The summed E-state index contributed by atoms with van der Waals surface area (Å²) in [5, 5.41) is 9.47. The van der Waals surface area contributed by atoms with Crippen molar-refractivity contribution < 1.29 is 197 Å². The molecule has 111 heavy (non-hydrogen) atoms. The summed E-state index contributed by atoms with van der Waals surface area (Å²) in [5.41, 5.74) is -5.31. The van der Waals surface area contributed by atoms with Gasteiger partial charge < -0.3 is 57.2 Å². The first kappa shape index (κ1) is 119. The molecule has 0 bridgehead atoms. The molecule has 1 fully saturated rings. The van der Waals surface area contributed by atoms with Crippen molar-refractivity contribution in [2.75, 3.05) is 134 Å². The van der Waals surface area contributed by atoms with Crippen molar-refractivity contribution in [3.05, 3.63) is 71.8 Å². The van der Waals surface area contributed by atoms with Gasteiger partial charge in [0, 0.05) is 16.6 Å². The predicted molar refractivity (Wildman–Crippen MR) is 359 cm³/mol. The van der Waals surface area contributed by atoms with E-state index in [9.17, 15) is 145 Å². The maximum atomic E-state index is 13.0. The number of hydrogen-bond acceptors (Lipinski definition) is 21. The normalized spacial score (nSPS) is 13.7. The maximum absolute atomic E-state index is 13.0. The van der Waals surface area contributed by atoms with Crippen LogP contribution < -0.4 is 0 Å². The first-order valence-electron chi connectivity index (χ1n) is 31.4. The zero-order valence-corrected chi connectivity index (χ0v) is 65.3. The monoisotopic (exact) mass is 1800 g/mol. The van der Waals surface area contributed by atoms with Crippen LogP contribution in [0.5, 0.6) is 0 Å². The van der Waals surface area contributed by atoms with Crippen LogP contribution in [0.3, 0.4) is 0 Å². The summed E-state index contributed by atoms with van der Waals surface area (Å²) in [5.74, 6) is -4.66. The van der Waals surface area contributed by atoms with Gasteiger partial charge in [-0.2, -0.15) is 0 Å². The maximum Gasteiger partial charge on any atom is 0.559 e. The number of hydrogen-bond donors (Lipinski definition) is 1. The fourth-order valence-electron chi connectivity index (χ4n) is 6.68. The first-order chi connectivity index (χ1) is 51.3. The first-order valence-corrected chi connectivity index (χ1v) is 33.3. The minimum absolute atomic E-state index is 0.0222. The third kappa shape index (κ3) is 68.0. The Morgan fingerprint density at radius 2 is 0.694 bits per heavy atom. The number of aliphatic hydroxyl groups is 1. The fourth-order valence-corrected chi connectivity index (χ4v) is 8.91. The number of alkyl halides is 24. The predicted octanol–water partition coefficient (Wildman–Crippen LogP) is 18.2. The van der Waals surface area contributed by atoms with Gasteiger partial charge in [-0.05, 0) is 92.2 Å². The van der Waals surface area contributed by atoms with E-state index in [1.54, 1.807) is 41.5 Å². The number of aliphatic hydroxyl groups excluding tert-OH is 1. The highest BCUT2D eigenvalue weighted by atomic mass is 79.9. The van der Waals surface area contributed by atoms with Crippen LogP contribution in [-0.2, 0) is 85.7 Å². The molecule has 3 rings (SSSR count). The summed E-state index contributed by atoms with van der Waals surface area (Å²) in [7, 11) is 0. The van der Waals surface area contributed by atoms with Crippen molar-refractivity contribution in [1.82, 2.24) is 0 Å². The van der Waals surface area contributed by atoms with E-state index in [-0.39, 0.29) is 42.1 Å². The number of carbonyl (C=O) groups is 9. The quantitative estimate of drug-likeness (QED) is 0.0318. The molecule has 0 amide bonds. The lowest BCUT2D eigenvalue weighted by Crippen LogP contribution is -2.44. The largest absolute Gasteiger partial charge is 0.559 e. The van der Waals surface area contributed by atoms with Crippen molar-refractivity contribution >= 4 is 86.0 Å². The molecule has 1 heterocycles. The zero-order chi connectivity index (χ0) is 88.3. The van der Waals surface area contributed by atoms with Crippen molar-refractivity contribution in [3.8, 4) is 0 Å². The molecule has 5 atom stereocenters. The van der Waals surface area contributed by atoms with E-state index in [4.69, 9.17) is 42.6 Å². The molecule has 5 unspecified atom stereocenters. The van der Waals surface area contributed by atoms with Gasteiger partial charge in [0.15, 0.2) is 0 Å². The Morgan fingerprint density at radius 1 is 0.432 bits per heavy atom. The van der Waals surface area contributed by atoms with Gasteiger partial charge in [0.05, 0.1) is 30.7 Å². The van der Waals surface area contributed by atoms with E-state index < -0.39 is 195 Å². The lowest BCUT2D eigenvalue weighted by atomic mass is 9.86. The van der Waals surface area contributed by atoms with Crippen LogP contribution in [0.4, 0.5) is 106 Å². The lowest BCUT2D eigenvalue weighted by molar-refractivity contribution is -0.238. The molecule has 0 spiro atoms. The smallest absolute Gasteiger partial charge is 0.465 e. The van der Waals surface area contributed by atoms with Crippen molar-refractivity contribution in [2.45, 2.75) is 124 Å². The Hall–Kier alpha value is -7.35. The Balaban J connectivity index is -0.000000218. The van der Waals surface area contributed by atoms with Crippen LogP contribution in [0.1, 0.15) is 123 Å². The third-order valence-corrected chi connectivity index (χ3v) is 14.0. The number of benzene rings is 2. The van der Waals surface area contributed by atoms with Gasteiger partial charge in [-0.25, -0.2) is 71.1 Å². The van der Waals surface area contributed by atoms with Crippen molar-refractivity contribution in [1.29, 1.82) is 0 Å². The SMILES string of the molecule is CC(C)(CC(Br)c1ccccc1)C(=O)OCC(C)(CO)C(=O)OCCF.CCCOC(=O)C(C)(COC(C)=O)COC(=O)OCC(C)(COC(=O)C(C)(C)CC(Br)c1ccccc1)C(=O)OCCF.CCCOC(=O)C1(C)COC(=O)OC1.FC(F)(F)F.FC(F)(F)F.FCF.FCF.FCF.FCF.FCF.FCF. The van der Waals surface area contributed by atoms with E-state index in [0.29, 0.717) is 25.9 Å². The number of halogens is 24. The lowest BCUT2D eigenvalue weighted by Gasteiger charge is -2.30. The molecule has 1 aliphatic heterocycles. The second-order valence-electron chi connectivity index (χ2n) is 23.3. The van der Waals surface area contributed by atoms with Crippen LogP contribution in [0.25, 0.3) is 0 Å². The Kier molecular flexibility index (Phi) is 73.4. The summed E-state index contributed by atoms with van der Waals surface area (Å²) in [4.78, 5) is 108. The summed E-state index contributed by atoms with van der Waals surface area (Å²) in [6, 6.07) is 19.2. The van der Waals surface area contributed by atoms with Crippen molar-refractivity contribution in [3.63, 3.8) is 0 Å². The molecule has 21 nitrogen and oxygen atoms in total. The molecule has 0 radical (unpaired) electrons. The van der Waals surface area contributed by atoms with Crippen LogP contribution in [0.2, 0.25) is 0 Å². The van der Waals surface area contributed by atoms with Gasteiger partial charge >= 0.3 is 67.0 Å². The average Bonchev–Trinajstić information content (AvgIpc) is 0.841. The molecule has 0 aromatic heterocycles. The summed E-state index contributed by atoms with van der Waals surface area (Å²) in [6.07, 6.45) is -10.8. The van der Waals surface area contributed by atoms with E-state index in [1.165, 1.54) is 20.8 Å². The average molecular weight is 1800 g/mol. The number of carbonyl (C=O) groups excluding carboxylic acids is 9. The topological polar surface area (TPSA) is 275 Å². The van der Waals surface area contributed by atoms with Gasteiger partial charge in [-0.1, -0.05) is 106 Å². The van der Waals surface area contributed by atoms with Gasteiger partial charge in [0.25, 0.3) is 0 Å². The molecule has 2 aromatic carbocycles. The molecule has 1 aliphatic rings. The van der Waals surface area contributed by atoms with Crippen LogP contribution in [0, 0.1) is 32.5 Å². The van der Waals surface area contributed by atoms with E-state index in [1.807, 2.05) is 67.6 Å². The zero-order valence-electron chi connectivity index (χ0n) is 62.1. The minimum atomic E-state index is -5.50. The Morgan fingerprint density at radius 3 is 0.973 bits per heavy atom. The minimum Gasteiger partial charge on any atom is -0.465 e. The number of rotatable bonds is 31. The summed E-state index contributed by atoms with van der Waals surface area (Å²) < 4.78 is 273. The van der Waals surface area contributed by atoms with Crippen molar-refractivity contribution in [2.24, 2.45) is 32.5 Å². The molecule has 1 N–H and O–H groups in total. The van der Waals surface area contributed by atoms with Gasteiger partial charge in [-0.15, -0.1) is 35.1 Å². The number of ether oxygens (including phenoxy) is 11. The molecule has 652 valence electrons. The molecule has 0 saturated carbocycles.